The van der Waals surface area contributed by atoms with E-state index in [4.69, 9.17) is 24.5 Å². The predicted molar refractivity (Wildman–Crippen MR) is 34.7 cm³/mol. The minimum absolute atomic E-state index is 0.872. The summed E-state index contributed by atoms with van der Waals surface area (Å²) in [6.07, 6.45) is 0. The monoisotopic (exact) mass is 180 g/mol. The van der Waals surface area contributed by atoms with Crippen molar-refractivity contribution in [3.8, 4) is 0 Å². The second kappa shape index (κ2) is 2.70. The van der Waals surface area contributed by atoms with Crippen LogP contribution in [0.1, 0.15) is 0 Å². The summed E-state index contributed by atoms with van der Waals surface area (Å²) < 4.78 is 3.68. The average Bonchev–Trinajstić information content (AvgIpc) is 1.14. The van der Waals surface area contributed by atoms with Crippen LogP contribution < -0.4 is 0 Å². The molecule has 0 saturated carbocycles. The third-order valence-corrected chi connectivity index (χ3v) is 2.97. The van der Waals surface area contributed by atoms with Crippen LogP contribution in [0.2, 0.25) is 0 Å². The Bertz CT molecular complexity index is 76.2. The van der Waals surface area contributed by atoms with E-state index in [9.17, 15) is 0 Å². The Balaban J connectivity index is 3.75. The van der Waals surface area contributed by atoms with Gasteiger partial charge in [0, 0.05) is 0 Å². The molecule has 6 nitrogen and oxygen atoms in total. The second-order valence-electron chi connectivity index (χ2n) is 1.61. The van der Waals surface area contributed by atoms with Gasteiger partial charge in [-0.05, 0) is 0 Å². The van der Waals surface area contributed by atoms with Gasteiger partial charge in [0.15, 0.2) is 0 Å². The van der Waals surface area contributed by atoms with E-state index in [1.165, 1.54) is 0 Å². The molecule has 0 aromatic carbocycles. The molecular weight excluding hydrogens is 170 g/mol. The molecule has 0 aromatic heterocycles. The van der Waals surface area contributed by atoms with Crippen LogP contribution in [0, 0.1) is 0 Å². The maximum absolute atomic E-state index is 8.38. The Morgan fingerprint density at radius 3 is 1.33 bits per heavy atom. The van der Waals surface area contributed by atoms with Gasteiger partial charge in [-0.1, -0.05) is 0 Å². The normalized spacial score (nSPS) is 17.6. The molecule has 5 N–H and O–H groups in total. The summed E-state index contributed by atoms with van der Waals surface area (Å²) >= 11 is 0. The molecule has 0 bridgehead atoms. The number of hydrogen-bond donors (Lipinski definition) is 5. The molecule has 0 saturated heterocycles. The Morgan fingerprint density at radius 1 is 1.00 bits per heavy atom. The molecule has 0 spiro atoms. The van der Waals surface area contributed by atoms with Crippen molar-refractivity contribution in [3.63, 3.8) is 0 Å². The summed E-state index contributed by atoms with van der Waals surface area (Å²) in [5, 5.41) is 0. The SMILES string of the molecule is C[PH](O)(O)O[PH](O)(O)O. The van der Waals surface area contributed by atoms with Gasteiger partial charge >= 0.3 is 51.6 Å². The molecule has 60 valence electrons. The van der Waals surface area contributed by atoms with Crippen LogP contribution in [0.25, 0.3) is 0 Å². The van der Waals surface area contributed by atoms with E-state index in [0.29, 0.717) is 0 Å². The van der Waals surface area contributed by atoms with Crippen molar-refractivity contribution in [2.45, 2.75) is 0 Å². The van der Waals surface area contributed by atoms with Gasteiger partial charge < -0.3 is 0 Å². The molecule has 0 aliphatic rings. The van der Waals surface area contributed by atoms with Gasteiger partial charge in [-0.2, -0.15) is 0 Å². The fourth-order valence-electron chi connectivity index (χ4n) is 0.259. The first-order valence-electron chi connectivity index (χ1n) is 2.03. The molecule has 9 heavy (non-hydrogen) atoms. The maximum atomic E-state index is 8.38. The van der Waals surface area contributed by atoms with Crippen LogP contribution in [0.4, 0.5) is 0 Å². The topological polar surface area (TPSA) is 110 Å². The fraction of sp³-hybridized carbons (Fsp3) is 1.00. The van der Waals surface area contributed by atoms with E-state index in [-0.39, 0.29) is 0 Å². The summed E-state index contributed by atoms with van der Waals surface area (Å²) in [6.45, 7) is 0.872. The molecule has 0 atom stereocenters. The van der Waals surface area contributed by atoms with E-state index >= 15 is 0 Å². The van der Waals surface area contributed by atoms with Gasteiger partial charge in [-0.15, -0.1) is 0 Å². The molecule has 0 unspecified atom stereocenters. The zero-order valence-electron chi connectivity index (χ0n) is 4.64. The predicted octanol–water partition coefficient (Wildman–Crippen LogP) is -1.50. The van der Waals surface area contributed by atoms with Gasteiger partial charge in [0.2, 0.25) is 0 Å². The van der Waals surface area contributed by atoms with Crippen LogP contribution in [-0.2, 0) is 4.31 Å². The molecule has 0 amide bonds. The molecule has 0 radical (unpaired) electrons. The van der Waals surface area contributed by atoms with Crippen molar-refractivity contribution in [1.82, 2.24) is 0 Å². The Labute approximate surface area is 52.6 Å². The molecule has 0 aromatic rings. The third kappa shape index (κ3) is 8.62. The minimum atomic E-state index is -4.73. The van der Waals surface area contributed by atoms with Crippen LogP contribution in [0.5, 0.6) is 0 Å². The summed E-state index contributed by atoms with van der Waals surface area (Å²) in [5.41, 5.74) is 0. The number of hydrogen-bond acceptors (Lipinski definition) is 6. The zero-order chi connectivity index (χ0) is 7.71. The van der Waals surface area contributed by atoms with Gasteiger partial charge in [0.1, 0.15) is 0 Å². The molecule has 0 rings (SSSR count). The van der Waals surface area contributed by atoms with Crippen molar-refractivity contribution in [3.05, 3.63) is 0 Å². The molecule has 8 heteroatoms. The molecule has 0 aliphatic carbocycles. The quantitative estimate of drug-likeness (QED) is 0.331. The van der Waals surface area contributed by atoms with Crippen molar-refractivity contribution in [1.29, 1.82) is 0 Å². The van der Waals surface area contributed by atoms with E-state index in [1.807, 2.05) is 0 Å². The molecule has 0 heterocycles. The van der Waals surface area contributed by atoms with Crippen LogP contribution in [0.3, 0.4) is 0 Å². The molecule has 0 aliphatic heterocycles. The Morgan fingerprint density at radius 2 is 1.33 bits per heavy atom. The van der Waals surface area contributed by atoms with Crippen LogP contribution >= 0.6 is 16.1 Å². The molecular formula is CH10O6P2. The van der Waals surface area contributed by atoms with Gasteiger partial charge in [0.25, 0.3) is 0 Å². The Hall–Kier alpha value is 0.620. The van der Waals surface area contributed by atoms with Gasteiger partial charge in [0.05, 0.1) is 0 Å². The summed E-state index contributed by atoms with van der Waals surface area (Å²) in [5.74, 6) is 0. The van der Waals surface area contributed by atoms with E-state index in [2.05, 4.69) is 4.31 Å². The van der Waals surface area contributed by atoms with E-state index in [1.54, 1.807) is 0 Å². The third-order valence-electron chi connectivity index (χ3n) is 0.330. The first kappa shape index (κ1) is 9.62. The fourth-order valence-corrected chi connectivity index (χ4v) is 2.33. The van der Waals surface area contributed by atoms with Crippen molar-refractivity contribution in [2.24, 2.45) is 0 Å². The van der Waals surface area contributed by atoms with E-state index < -0.39 is 16.1 Å². The van der Waals surface area contributed by atoms with Gasteiger partial charge in [-0.3, -0.25) is 0 Å². The second-order valence-corrected chi connectivity index (χ2v) is 5.44. The van der Waals surface area contributed by atoms with E-state index in [0.717, 1.165) is 6.66 Å². The van der Waals surface area contributed by atoms with Crippen molar-refractivity contribution in [2.75, 3.05) is 6.66 Å². The molecule has 0 fully saturated rings. The standard InChI is InChI=1S/CH10O6P2/c1-8(2,3)7-9(4,5)6/h2-6,8-9H,1H3. The van der Waals surface area contributed by atoms with Crippen molar-refractivity contribution < 1.29 is 28.8 Å². The van der Waals surface area contributed by atoms with Crippen LogP contribution in [-0.4, -0.2) is 31.1 Å². The first-order valence-corrected chi connectivity index (χ1v) is 6.08. The summed E-state index contributed by atoms with van der Waals surface area (Å²) in [7, 11) is -8.71. The number of rotatable bonds is 2. The first-order chi connectivity index (χ1) is 3.71. The summed E-state index contributed by atoms with van der Waals surface area (Å²) in [4.78, 5) is 41.0. The zero-order valence-corrected chi connectivity index (χ0v) is 6.64. The van der Waals surface area contributed by atoms with Crippen molar-refractivity contribution >= 4 is 16.1 Å². The van der Waals surface area contributed by atoms with Gasteiger partial charge in [-0.25, -0.2) is 0 Å². The summed E-state index contributed by atoms with van der Waals surface area (Å²) in [6, 6.07) is 0. The average molecular weight is 180 g/mol. The van der Waals surface area contributed by atoms with Crippen LogP contribution in [0.15, 0.2) is 0 Å². The Kier molecular flexibility index (Phi) is 2.88.